The van der Waals surface area contributed by atoms with Crippen molar-refractivity contribution in [2.75, 3.05) is 19.1 Å². The molecule has 0 saturated carbocycles. The predicted molar refractivity (Wildman–Crippen MR) is 126 cm³/mol. The van der Waals surface area contributed by atoms with Crippen LogP contribution in [0, 0.1) is 0 Å². The van der Waals surface area contributed by atoms with Crippen LogP contribution in [0.1, 0.15) is 27.0 Å². The molecule has 1 aliphatic rings. The highest BCUT2D eigenvalue weighted by Gasteiger charge is 2.53. The molecule has 1 atom stereocenters. The number of carboxylic acids is 1. The summed E-state index contributed by atoms with van der Waals surface area (Å²) >= 11 is 19.0. The first-order valence-electron chi connectivity index (χ1n) is 9.88. The standard InChI is InChI=1S/C24H18Cl3NO6/c1-33-15-5-3-13(20(10-15)34-2)11-28-21-17(8-14(25)9-19(21)27)24(32,23(28)31)16-7-12(22(29)30)4-6-18(16)26/h3-10,32H,11H2,1-2H3,(H,29,30)/p-1. The van der Waals surface area contributed by atoms with Gasteiger partial charge in [-0.1, -0.05) is 40.9 Å². The summed E-state index contributed by atoms with van der Waals surface area (Å²) in [5.41, 5.74) is -1.86. The van der Waals surface area contributed by atoms with Gasteiger partial charge in [-0.2, -0.15) is 0 Å². The van der Waals surface area contributed by atoms with Gasteiger partial charge >= 0.3 is 0 Å². The van der Waals surface area contributed by atoms with E-state index in [2.05, 4.69) is 0 Å². The van der Waals surface area contributed by atoms with E-state index in [1.165, 1.54) is 43.4 Å². The summed E-state index contributed by atoms with van der Waals surface area (Å²) in [4.78, 5) is 26.5. The van der Waals surface area contributed by atoms with E-state index in [9.17, 15) is 19.8 Å². The van der Waals surface area contributed by atoms with Gasteiger partial charge in [-0.3, -0.25) is 4.79 Å². The van der Waals surface area contributed by atoms with Gasteiger partial charge in [0, 0.05) is 32.8 Å². The van der Waals surface area contributed by atoms with Crippen molar-refractivity contribution in [3.05, 3.63) is 85.9 Å². The Kier molecular flexibility index (Phi) is 6.40. The largest absolute Gasteiger partial charge is 0.545 e. The summed E-state index contributed by atoms with van der Waals surface area (Å²) < 4.78 is 10.7. The minimum Gasteiger partial charge on any atom is -0.545 e. The summed E-state index contributed by atoms with van der Waals surface area (Å²) in [6.07, 6.45) is 0. The van der Waals surface area contributed by atoms with Gasteiger partial charge in [0.15, 0.2) is 5.60 Å². The highest BCUT2D eigenvalue weighted by molar-refractivity contribution is 6.38. The molecule has 10 heteroatoms. The molecule has 34 heavy (non-hydrogen) atoms. The second-order valence-electron chi connectivity index (χ2n) is 7.55. The van der Waals surface area contributed by atoms with Crippen molar-refractivity contribution in [1.82, 2.24) is 0 Å². The van der Waals surface area contributed by atoms with Gasteiger partial charge in [-0.25, -0.2) is 0 Å². The lowest BCUT2D eigenvalue weighted by Crippen LogP contribution is -2.41. The number of carbonyl (C=O) groups is 2. The number of hydrogen-bond donors (Lipinski definition) is 1. The van der Waals surface area contributed by atoms with Gasteiger partial charge in [-0.05, 0) is 42.0 Å². The molecule has 0 aromatic heterocycles. The number of aliphatic hydroxyl groups is 1. The van der Waals surface area contributed by atoms with E-state index in [0.29, 0.717) is 17.1 Å². The number of amides is 1. The van der Waals surface area contributed by atoms with Crippen LogP contribution in [0.5, 0.6) is 11.5 Å². The minimum atomic E-state index is -2.36. The summed E-state index contributed by atoms with van der Waals surface area (Å²) in [5.74, 6) is -1.27. The molecule has 176 valence electrons. The Balaban J connectivity index is 1.92. The van der Waals surface area contributed by atoms with E-state index in [-0.39, 0.29) is 44.0 Å². The summed E-state index contributed by atoms with van der Waals surface area (Å²) in [5, 5.41) is 23.5. The zero-order chi connectivity index (χ0) is 24.8. The van der Waals surface area contributed by atoms with Crippen molar-refractivity contribution < 1.29 is 29.3 Å². The van der Waals surface area contributed by atoms with E-state index in [4.69, 9.17) is 44.3 Å². The zero-order valence-electron chi connectivity index (χ0n) is 17.9. The minimum absolute atomic E-state index is 0.0215. The number of rotatable bonds is 6. The number of aromatic carboxylic acids is 1. The molecule has 1 N–H and O–H groups in total. The average Bonchev–Trinajstić information content (AvgIpc) is 3.02. The Labute approximate surface area is 210 Å². The van der Waals surface area contributed by atoms with Crippen molar-refractivity contribution in [2.24, 2.45) is 0 Å². The second kappa shape index (κ2) is 9.00. The number of halogens is 3. The highest BCUT2D eigenvalue weighted by atomic mass is 35.5. The van der Waals surface area contributed by atoms with Crippen LogP contribution in [0.15, 0.2) is 48.5 Å². The number of ether oxygens (including phenoxy) is 2. The molecule has 0 spiro atoms. The Morgan fingerprint density at radius 3 is 2.38 bits per heavy atom. The molecular weight excluding hydrogens is 505 g/mol. The molecule has 0 saturated heterocycles. The molecule has 0 radical (unpaired) electrons. The van der Waals surface area contributed by atoms with Crippen LogP contribution in [-0.2, 0) is 16.9 Å². The van der Waals surface area contributed by atoms with Gasteiger partial charge in [0.1, 0.15) is 11.5 Å². The molecule has 1 amide bonds. The van der Waals surface area contributed by atoms with Crippen LogP contribution < -0.4 is 19.5 Å². The Hall–Kier alpha value is -2.97. The number of benzene rings is 3. The van der Waals surface area contributed by atoms with E-state index < -0.39 is 17.5 Å². The molecular formula is C24H17Cl3NO6-. The highest BCUT2D eigenvalue weighted by Crippen LogP contribution is 2.51. The average molecular weight is 522 g/mol. The number of carbonyl (C=O) groups excluding carboxylic acids is 2. The number of methoxy groups -OCH3 is 2. The zero-order valence-corrected chi connectivity index (χ0v) is 20.2. The number of carboxylic acid groups (broad SMARTS) is 1. The van der Waals surface area contributed by atoms with Crippen LogP contribution in [0.3, 0.4) is 0 Å². The molecule has 0 aliphatic carbocycles. The molecule has 3 aromatic rings. The Bertz CT molecular complexity index is 1330. The number of anilines is 1. The van der Waals surface area contributed by atoms with E-state index in [1.54, 1.807) is 18.2 Å². The molecule has 1 heterocycles. The molecule has 3 aromatic carbocycles. The summed E-state index contributed by atoms with van der Waals surface area (Å²) in [7, 11) is 3.00. The smallest absolute Gasteiger partial charge is 0.268 e. The first-order valence-corrected chi connectivity index (χ1v) is 11.0. The molecule has 4 rings (SSSR count). The lowest BCUT2D eigenvalue weighted by Gasteiger charge is -2.26. The third kappa shape index (κ3) is 3.84. The molecule has 0 bridgehead atoms. The number of nitrogens with zero attached hydrogens (tertiary/aromatic N) is 1. The van der Waals surface area contributed by atoms with Crippen molar-refractivity contribution in [3.8, 4) is 11.5 Å². The summed E-state index contributed by atoms with van der Waals surface area (Å²) in [6.45, 7) is -0.0273. The van der Waals surface area contributed by atoms with E-state index in [0.717, 1.165) is 6.07 Å². The first kappa shape index (κ1) is 24.2. The topological polar surface area (TPSA) is 99.1 Å². The lowest BCUT2D eigenvalue weighted by molar-refractivity contribution is -0.255. The van der Waals surface area contributed by atoms with Crippen molar-refractivity contribution >= 4 is 52.4 Å². The molecule has 7 nitrogen and oxygen atoms in total. The second-order valence-corrected chi connectivity index (χ2v) is 8.80. The van der Waals surface area contributed by atoms with Crippen molar-refractivity contribution in [3.63, 3.8) is 0 Å². The van der Waals surface area contributed by atoms with Crippen LogP contribution in [-0.4, -0.2) is 31.2 Å². The maximum absolute atomic E-state index is 13.8. The van der Waals surface area contributed by atoms with E-state index >= 15 is 0 Å². The van der Waals surface area contributed by atoms with Gasteiger partial charge in [0.25, 0.3) is 5.91 Å². The number of hydrogen-bond acceptors (Lipinski definition) is 6. The molecule has 0 fully saturated rings. The van der Waals surface area contributed by atoms with Crippen LogP contribution in [0.2, 0.25) is 15.1 Å². The van der Waals surface area contributed by atoms with Crippen LogP contribution >= 0.6 is 34.8 Å². The predicted octanol–water partition coefficient (Wildman–Crippen LogP) is 3.81. The van der Waals surface area contributed by atoms with Gasteiger partial charge in [0.05, 0.1) is 37.4 Å². The third-order valence-electron chi connectivity index (χ3n) is 5.66. The fourth-order valence-electron chi connectivity index (χ4n) is 4.02. The SMILES string of the molecule is COc1ccc(CN2C(=O)C(O)(c3cc(C(=O)[O-])ccc3Cl)c3cc(Cl)cc(Cl)c32)c(OC)c1. The lowest BCUT2D eigenvalue weighted by atomic mass is 9.86. The van der Waals surface area contributed by atoms with Gasteiger partial charge in [0.2, 0.25) is 0 Å². The Morgan fingerprint density at radius 2 is 1.74 bits per heavy atom. The Morgan fingerprint density at radius 1 is 1.00 bits per heavy atom. The molecule has 1 aliphatic heterocycles. The van der Waals surface area contributed by atoms with Crippen LogP contribution in [0.25, 0.3) is 0 Å². The van der Waals surface area contributed by atoms with Gasteiger partial charge in [-0.15, -0.1) is 0 Å². The first-order chi connectivity index (χ1) is 16.1. The molecule has 1 unspecified atom stereocenters. The number of fused-ring (bicyclic) bond motifs is 1. The van der Waals surface area contributed by atoms with Crippen LogP contribution in [0.4, 0.5) is 5.69 Å². The summed E-state index contributed by atoms with van der Waals surface area (Å²) in [6, 6.07) is 11.5. The van der Waals surface area contributed by atoms with E-state index in [1.807, 2.05) is 0 Å². The van der Waals surface area contributed by atoms with Crippen molar-refractivity contribution in [1.29, 1.82) is 0 Å². The quantitative estimate of drug-likeness (QED) is 0.530. The normalized spacial score (nSPS) is 17.0. The maximum Gasteiger partial charge on any atom is 0.268 e. The third-order valence-corrected chi connectivity index (χ3v) is 6.49. The maximum atomic E-state index is 13.8. The fraction of sp³-hybridized carbons (Fsp3) is 0.167. The van der Waals surface area contributed by atoms with Gasteiger partial charge < -0.3 is 29.4 Å². The van der Waals surface area contributed by atoms with Crippen molar-refractivity contribution in [2.45, 2.75) is 12.1 Å². The monoisotopic (exact) mass is 520 g/mol. The fourth-order valence-corrected chi connectivity index (χ4v) is 4.87.